The average molecular weight is 297 g/mol. The fourth-order valence-electron chi connectivity index (χ4n) is 2.15. The van der Waals surface area contributed by atoms with Gasteiger partial charge in [0, 0.05) is 37.9 Å². The molecule has 1 amide bonds. The molecule has 1 aromatic rings. The minimum atomic E-state index is -2.94. The van der Waals surface area contributed by atoms with Gasteiger partial charge in [0.25, 0.3) is 0 Å². The highest BCUT2D eigenvalue weighted by atomic mass is 32.2. The van der Waals surface area contributed by atoms with E-state index in [9.17, 15) is 13.2 Å². The van der Waals surface area contributed by atoms with Gasteiger partial charge in [0.15, 0.2) is 9.84 Å². The molecule has 6 nitrogen and oxygen atoms in total. The third kappa shape index (κ3) is 4.90. The first-order valence-corrected chi connectivity index (χ1v) is 8.47. The number of nitrogens with zero attached hydrogens (tertiary/aromatic N) is 1. The summed E-state index contributed by atoms with van der Waals surface area (Å²) in [5.41, 5.74) is 1.06. The second kappa shape index (κ2) is 6.81. The molecule has 2 heterocycles. The molecule has 0 saturated carbocycles. The van der Waals surface area contributed by atoms with E-state index in [1.54, 1.807) is 12.4 Å². The van der Waals surface area contributed by atoms with E-state index in [0.29, 0.717) is 25.9 Å². The van der Waals surface area contributed by atoms with Gasteiger partial charge in [-0.05, 0) is 18.1 Å². The number of nitrogens with one attached hydrogen (secondary N) is 2. The minimum absolute atomic E-state index is 0.0713. The number of rotatable bonds is 6. The predicted octanol–water partition coefficient (Wildman–Crippen LogP) is -0.135. The van der Waals surface area contributed by atoms with Crippen molar-refractivity contribution in [2.75, 3.05) is 18.1 Å². The topological polar surface area (TPSA) is 88.2 Å². The predicted molar refractivity (Wildman–Crippen MR) is 75.8 cm³/mol. The molecule has 0 spiro atoms. The zero-order valence-corrected chi connectivity index (χ0v) is 12.0. The SMILES string of the molecule is O=C(CCNCc1cccnc1)NC1CCS(=O)(=O)C1. The second-order valence-corrected chi connectivity index (χ2v) is 7.18. The highest BCUT2D eigenvalue weighted by Crippen LogP contribution is 2.11. The van der Waals surface area contributed by atoms with Crippen LogP contribution in [0.2, 0.25) is 0 Å². The molecule has 7 heteroatoms. The monoisotopic (exact) mass is 297 g/mol. The number of hydrogen-bond acceptors (Lipinski definition) is 5. The van der Waals surface area contributed by atoms with Gasteiger partial charge >= 0.3 is 0 Å². The van der Waals surface area contributed by atoms with E-state index in [4.69, 9.17) is 0 Å². The third-order valence-corrected chi connectivity index (χ3v) is 4.95. The Morgan fingerprint density at radius 1 is 1.45 bits per heavy atom. The Bertz CT molecular complexity index is 545. The molecule has 1 aliphatic rings. The van der Waals surface area contributed by atoms with Crippen LogP contribution < -0.4 is 10.6 Å². The van der Waals surface area contributed by atoms with Crippen LogP contribution >= 0.6 is 0 Å². The van der Waals surface area contributed by atoms with Crippen molar-refractivity contribution in [3.63, 3.8) is 0 Å². The van der Waals surface area contributed by atoms with Gasteiger partial charge in [-0.25, -0.2) is 8.42 Å². The molecule has 1 fully saturated rings. The fourth-order valence-corrected chi connectivity index (χ4v) is 3.82. The molecular weight excluding hydrogens is 278 g/mol. The molecule has 1 saturated heterocycles. The van der Waals surface area contributed by atoms with Crippen LogP contribution in [0.5, 0.6) is 0 Å². The van der Waals surface area contributed by atoms with Crippen LogP contribution in [0.25, 0.3) is 0 Å². The fraction of sp³-hybridized carbons (Fsp3) is 0.538. The van der Waals surface area contributed by atoms with Gasteiger partial charge in [-0.3, -0.25) is 9.78 Å². The van der Waals surface area contributed by atoms with Gasteiger partial charge in [0.05, 0.1) is 11.5 Å². The smallest absolute Gasteiger partial charge is 0.221 e. The highest BCUT2D eigenvalue weighted by Gasteiger charge is 2.28. The summed E-state index contributed by atoms with van der Waals surface area (Å²) < 4.78 is 22.5. The van der Waals surface area contributed by atoms with Crippen molar-refractivity contribution in [1.82, 2.24) is 15.6 Å². The van der Waals surface area contributed by atoms with Crippen molar-refractivity contribution in [3.8, 4) is 0 Å². The number of carbonyl (C=O) groups is 1. The molecule has 110 valence electrons. The van der Waals surface area contributed by atoms with Gasteiger partial charge < -0.3 is 10.6 Å². The number of hydrogen-bond donors (Lipinski definition) is 2. The second-order valence-electron chi connectivity index (χ2n) is 4.96. The lowest BCUT2D eigenvalue weighted by Gasteiger charge is -2.11. The maximum absolute atomic E-state index is 11.7. The first kappa shape index (κ1) is 14.9. The van der Waals surface area contributed by atoms with E-state index < -0.39 is 9.84 Å². The van der Waals surface area contributed by atoms with Crippen molar-refractivity contribution < 1.29 is 13.2 Å². The van der Waals surface area contributed by atoms with Crippen molar-refractivity contribution >= 4 is 15.7 Å². The van der Waals surface area contributed by atoms with Crippen molar-refractivity contribution in [2.24, 2.45) is 0 Å². The summed E-state index contributed by atoms with van der Waals surface area (Å²) in [6, 6.07) is 3.61. The molecule has 0 aliphatic carbocycles. The number of sulfone groups is 1. The summed E-state index contributed by atoms with van der Waals surface area (Å²) in [6.45, 7) is 1.22. The van der Waals surface area contributed by atoms with E-state index >= 15 is 0 Å². The Balaban J connectivity index is 1.61. The quantitative estimate of drug-likeness (QED) is 0.714. The Morgan fingerprint density at radius 2 is 2.30 bits per heavy atom. The maximum Gasteiger partial charge on any atom is 0.221 e. The van der Waals surface area contributed by atoms with Gasteiger partial charge in [-0.15, -0.1) is 0 Å². The number of amides is 1. The number of pyridine rings is 1. The van der Waals surface area contributed by atoms with Crippen LogP contribution in [0.3, 0.4) is 0 Å². The first-order chi connectivity index (χ1) is 9.55. The first-order valence-electron chi connectivity index (χ1n) is 6.64. The molecule has 0 aromatic carbocycles. The number of carbonyl (C=O) groups excluding carboxylic acids is 1. The molecule has 1 atom stereocenters. The van der Waals surface area contributed by atoms with E-state index in [2.05, 4.69) is 15.6 Å². The molecule has 2 N–H and O–H groups in total. The van der Waals surface area contributed by atoms with Crippen LogP contribution in [0, 0.1) is 0 Å². The van der Waals surface area contributed by atoms with E-state index in [0.717, 1.165) is 5.56 Å². The van der Waals surface area contributed by atoms with Crippen LogP contribution in [-0.4, -0.2) is 43.4 Å². The maximum atomic E-state index is 11.7. The Kier molecular flexibility index (Phi) is 5.08. The zero-order chi connectivity index (χ0) is 14.4. The lowest BCUT2D eigenvalue weighted by molar-refractivity contribution is -0.121. The van der Waals surface area contributed by atoms with Crippen molar-refractivity contribution in [2.45, 2.75) is 25.4 Å². The van der Waals surface area contributed by atoms with Crippen LogP contribution in [0.4, 0.5) is 0 Å². The average Bonchev–Trinajstić information content (AvgIpc) is 2.75. The third-order valence-electron chi connectivity index (χ3n) is 3.18. The van der Waals surface area contributed by atoms with Gasteiger partial charge in [-0.1, -0.05) is 6.07 Å². The lowest BCUT2D eigenvalue weighted by Crippen LogP contribution is -2.37. The molecule has 1 aliphatic heterocycles. The summed E-state index contributed by atoms with van der Waals surface area (Å²) in [6.07, 6.45) is 4.36. The van der Waals surface area contributed by atoms with Crippen LogP contribution in [0.15, 0.2) is 24.5 Å². The van der Waals surface area contributed by atoms with Crippen LogP contribution in [0.1, 0.15) is 18.4 Å². The Labute approximate surface area is 118 Å². The summed E-state index contributed by atoms with van der Waals surface area (Å²) in [4.78, 5) is 15.7. The van der Waals surface area contributed by atoms with Crippen molar-refractivity contribution in [1.29, 1.82) is 0 Å². The molecule has 0 radical (unpaired) electrons. The van der Waals surface area contributed by atoms with Crippen molar-refractivity contribution in [3.05, 3.63) is 30.1 Å². The van der Waals surface area contributed by atoms with Crippen LogP contribution in [-0.2, 0) is 21.2 Å². The normalized spacial score (nSPS) is 20.7. The lowest BCUT2D eigenvalue weighted by atomic mass is 10.2. The van der Waals surface area contributed by atoms with E-state index in [1.807, 2.05) is 12.1 Å². The Morgan fingerprint density at radius 3 is 2.95 bits per heavy atom. The van der Waals surface area contributed by atoms with E-state index in [1.165, 1.54) is 0 Å². The summed E-state index contributed by atoms with van der Waals surface area (Å²) >= 11 is 0. The molecule has 2 rings (SSSR count). The Hall–Kier alpha value is -1.47. The summed E-state index contributed by atoms with van der Waals surface area (Å²) in [5, 5.41) is 5.92. The molecular formula is C13H19N3O3S. The standard InChI is InChI=1S/C13H19N3O3S/c17-13(16-12-4-7-20(18,19)10-12)3-6-15-9-11-2-1-5-14-8-11/h1-2,5,8,12,15H,3-4,6-7,9-10H2,(H,16,17). The largest absolute Gasteiger partial charge is 0.352 e. The van der Waals surface area contributed by atoms with Gasteiger partial charge in [0.2, 0.25) is 5.91 Å². The molecule has 1 aromatic heterocycles. The van der Waals surface area contributed by atoms with Gasteiger partial charge in [-0.2, -0.15) is 0 Å². The number of aromatic nitrogens is 1. The zero-order valence-electron chi connectivity index (χ0n) is 11.2. The molecule has 20 heavy (non-hydrogen) atoms. The summed E-state index contributed by atoms with van der Waals surface area (Å²) in [5.74, 6) is 0.143. The molecule has 0 bridgehead atoms. The molecule has 1 unspecified atom stereocenters. The summed E-state index contributed by atoms with van der Waals surface area (Å²) in [7, 11) is -2.94. The van der Waals surface area contributed by atoms with E-state index in [-0.39, 0.29) is 23.5 Å². The van der Waals surface area contributed by atoms with Gasteiger partial charge in [0.1, 0.15) is 0 Å². The highest BCUT2D eigenvalue weighted by molar-refractivity contribution is 7.91. The minimum Gasteiger partial charge on any atom is -0.352 e.